The Morgan fingerprint density at radius 1 is 0.960 bits per heavy atom. The van der Waals surface area contributed by atoms with Gasteiger partial charge >= 0.3 is 0 Å². The molecule has 3 rings (SSSR count). The molecule has 5 nitrogen and oxygen atoms in total. The molecule has 1 aromatic heterocycles. The summed E-state index contributed by atoms with van der Waals surface area (Å²) in [4.78, 5) is 30.9. The van der Waals surface area contributed by atoms with Crippen LogP contribution in [0.5, 0.6) is 5.75 Å². The summed E-state index contributed by atoms with van der Waals surface area (Å²) in [7, 11) is 0. The van der Waals surface area contributed by atoms with E-state index in [0.29, 0.717) is 0 Å². The average molecular weight is 332 g/mol. The van der Waals surface area contributed by atoms with Crippen LogP contribution in [-0.2, 0) is 9.59 Å². The molecule has 5 heteroatoms. The number of phenolic OH excluding ortho intramolecular Hbond substituents is 1. The summed E-state index contributed by atoms with van der Waals surface area (Å²) in [6.45, 7) is 0. The molecular weight excluding hydrogens is 316 g/mol. The van der Waals surface area contributed by atoms with Crippen LogP contribution in [0, 0.1) is 0 Å². The number of carbonyl (C=O) groups is 2. The first-order valence-electron chi connectivity index (χ1n) is 7.74. The molecule has 25 heavy (non-hydrogen) atoms. The normalized spacial score (nSPS) is 11.5. The molecule has 2 aromatic carbocycles. The van der Waals surface area contributed by atoms with E-state index >= 15 is 0 Å². The lowest BCUT2D eigenvalue weighted by Gasteiger charge is -1.95. The Morgan fingerprint density at radius 2 is 1.60 bits per heavy atom. The summed E-state index contributed by atoms with van der Waals surface area (Å²) in [5.74, 6) is -0.371. The number of nitrogens with zero attached hydrogens (tertiary/aromatic N) is 1. The van der Waals surface area contributed by atoms with Gasteiger partial charge in [0.1, 0.15) is 5.75 Å². The minimum absolute atomic E-state index is 0.164. The van der Waals surface area contributed by atoms with Crippen molar-refractivity contribution in [3.8, 4) is 5.75 Å². The van der Waals surface area contributed by atoms with Gasteiger partial charge in [0.15, 0.2) is 11.6 Å². The second kappa shape index (κ2) is 7.40. The molecule has 0 saturated carbocycles. The number of hydrogen-bond donors (Lipinski definition) is 2. The fourth-order valence-corrected chi connectivity index (χ4v) is 2.31. The predicted octanol–water partition coefficient (Wildman–Crippen LogP) is 3.52. The topological polar surface area (TPSA) is 83.0 Å². The van der Waals surface area contributed by atoms with Crippen LogP contribution in [0.15, 0.2) is 60.9 Å². The smallest absolute Gasteiger partial charge is 0.163 e. The van der Waals surface area contributed by atoms with E-state index in [1.54, 1.807) is 30.6 Å². The van der Waals surface area contributed by atoms with E-state index in [0.717, 1.165) is 22.2 Å². The Labute approximate surface area is 144 Å². The van der Waals surface area contributed by atoms with Crippen molar-refractivity contribution in [2.75, 3.05) is 0 Å². The first kappa shape index (κ1) is 16.4. The van der Waals surface area contributed by atoms with Crippen molar-refractivity contribution in [1.82, 2.24) is 9.97 Å². The Kier molecular flexibility index (Phi) is 4.85. The van der Waals surface area contributed by atoms with Crippen molar-refractivity contribution >= 4 is 34.8 Å². The van der Waals surface area contributed by atoms with E-state index in [-0.39, 0.29) is 23.7 Å². The van der Waals surface area contributed by atoms with Crippen LogP contribution in [0.25, 0.3) is 23.2 Å². The van der Waals surface area contributed by atoms with Crippen LogP contribution >= 0.6 is 0 Å². The molecule has 124 valence electrons. The zero-order valence-corrected chi connectivity index (χ0v) is 13.3. The molecule has 0 unspecified atom stereocenters. The molecule has 0 atom stereocenters. The van der Waals surface area contributed by atoms with Crippen molar-refractivity contribution in [1.29, 1.82) is 0 Å². The minimum Gasteiger partial charge on any atom is -0.508 e. The quantitative estimate of drug-likeness (QED) is 0.534. The number of nitrogens with one attached hydrogen (secondary N) is 1. The van der Waals surface area contributed by atoms with Gasteiger partial charge in [0.2, 0.25) is 0 Å². The Morgan fingerprint density at radius 3 is 2.32 bits per heavy atom. The fourth-order valence-electron chi connectivity index (χ4n) is 2.31. The number of carbonyl (C=O) groups excluding carboxylic acids is 2. The fraction of sp³-hybridized carbons (Fsp3) is 0.0500. The number of aromatic amines is 1. The van der Waals surface area contributed by atoms with E-state index < -0.39 is 0 Å². The summed E-state index contributed by atoms with van der Waals surface area (Å²) in [5.41, 5.74) is 3.38. The molecule has 0 radical (unpaired) electrons. The Balaban J connectivity index is 1.57. The molecule has 0 aliphatic rings. The molecular formula is C20H16N2O3. The van der Waals surface area contributed by atoms with Crippen LogP contribution in [0.3, 0.4) is 0 Å². The molecule has 2 N–H and O–H groups in total. The van der Waals surface area contributed by atoms with Gasteiger partial charge in [-0.3, -0.25) is 9.59 Å². The van der Waals surface area contributed by atoms with Gasteiger partial charge in [-0.2, -0.15) is 0 Å². The molecule has 3 aromatic rings. The molecule has 1 heterocycles. The van der Waals surface area contributed by atoms with Gasteiger partial charge < -0.3 is 10.1 Å². The van der Waals surface area contributed by atoms with Gasteiger partial charge in [0.05, 0.1) is 23.8 Å². The molecule has 0 aliphatic carbocycles. The van der Waals surface area contributed by atoms with Crippen molar-refractivity contribution in [3.63, 3.8) is 0 Å². The van der Waals surface area contributed by atoms with Gasteiger partial charge in [-0.05, 0) is 47.5 Å². The maximum absolute atomic E-state index is 11.9. The molecule has 0 saturated heterocycles. The number of imidazole rings is 1. The van der Waals surface area contributed by atoms with Crippen LogP contribution in [0.4, 0.5) is 0 Å². The van der Waals surface area contributed by atoms with Gasteiger partial charge in [0.25, 0.3) is 0 Å². The minimum atomic E-state index is -0.273. The van der Waals surface area contributed by atoms with Crippen molar-refractivity contribution in [2.45, 2.75) is 6.42 Å². The number of hydrogen-bond acceptors (Lipinski definition) is 4. The summed E-state index contributed by atoms with van der Waals surface area (Å²) < 4.78 is 0. The number of fused-ring (bicyclic) bond motifs is 1. The number of ketones is 2. The SMILES string of the molecule is O=C(/C=C/c1ccc(O)cc1)CC(=O)/C=C/c1ccc2[nH]cnc2c1. The maximum Gasteiger partial charge on any atom is 0.163 e. The number of allylic oxidation sites excluding steroid dienone is 2. The summed E-state index contributed by atoms with van der Waals surface area (Å²) in [6.07, 6.45) is 7.49. The molecule has 0 bridgehead atoms. The van der Waals surface area contributed by atoms with E-state index in [1.807, 2.05) is 18.2 Å². The number of aromatic nitrogens is 2. The second-order valence-electron chi connectivity index (χ2n) is 5.55. The van der Waals surface area contributed by atoms with Crippen molar-refractivity contribution in [3.05, 3.63) is 72.1 Å². The number of phenols is 1. The lowest BCUT2D eigenvalue weighted by Crippen LogP contribution is -2.01. The second-order valence-corrected chi connectivity index (χ2v) is 5.55. The molecule has 0 spiro atoms. The number of benzene rings is 2. The van der Waals surface area contributed by atoms with E-state index in [9.17, 15) is 14.7 Å². The number of aromatic hydroxyl groups is 1. The third-order valence-electron chi connectivity index (χ3n) is 3.61. The van der Waals surface area contributed by atoms with Gasteiger partial charge in [-0.1, -0.05) is 30.4 Å². The third kappa shape index (κ3) is 4.51. The first-order chi connectivity index (χ1) is 12.1. The lowest BCUT2D eigenvalue weighted by molar-refractivity contribution is -0.121. The Bertz CT molecular complexity index is 966. The van der Waals surface area contributed by atoms with Crippen LogP contribution in [-0.4, -0.2) is 26.6 Å². The first-order valence-corrected chi connectivity index (χ1v) is 7.74. The highest BCUT2D eigenvalue weighted by atomic mass is 16.3. The van der Waals surface area contributed by atoms with Gasteiger partial charge in [-0.25, -0.2) is 4.98 Å². The predicted molar refractivity (Wildman–Crippen MR) is 96.9 cm³/mol. The maximum atomic E-state index is 11.9. The van der Waals surface area contributed by atoms with Gasteiger partial charge in [0, 0.05) is 0 Å². The van der Waals surface area contributed by atoms with Crippen molar-refractivity contribution < 1.29 is 14.7 Å². The zero-order valence-electron chi connectivity index (χ0n) is 13.3. The third-order valence-corrected chi connectivity index (χ3v) is 3.61. The summed E-state index contributed by atoms with van der Waals surface area (Å²) >= 11 is 0. The van der Waals surface area contributed by atoms with Crippen LogP contribution in [0.2, 0.25) is 0 Å². The van der Waals surface area contributed by atoms with Crippen LogP contribution < -0.4 is 0 Å². The largest absolute Gasteiger partial charge is 0.508 e. The Hall–Kier alpha value is -3.47. The monoisotopic (exact) mass is 332 g/mol. The van der Waals surface area contributed by atoms with Gasteiger partial charge in [-0.15, -0.1) is 0 Å². The highest BCUT2D eigenvalue weighted by Gasteiger charge is 2.04. The molecule has 0 fully saturated rings. The molecule has 0 amide bonds. The number of H-pyrrole nitrogens is 1. The summed E-state index contributed by atoms with van der Waals surface area (Å²) in [5, 5.41) is 9.20. The highest BCUT2D eigenvalue weighted by Crippen LogP contribution is 2.13. The number of rotatable bonds is 6. The average Bonchev–Trinajstić information content (AvgIpc) is 3.07. The standard InChI is InChI=1S/C20H16N2O3/c23-16-6-1-14(2-7-16)3-8-17(24)12-18(25)9-4-15-5-10-19-20(11-15)22-13-21-19/h1-11,13,23H,12H2,(H,21,22)/b8-3+,9-4+. The van der Waals surface area contributed by atoms with Crippen molar-refractivity contribution in [2.24, 2.45) is 0 Å². The van der Waals surface area contributed by atoms with E-state index in [4.69, 9.17) is 0 Å². The van der Waals surface area contributed by atoms with E-state index in [1.165, 1.54) is 24.3 Å². The van der Waals surface area contributed by atoms with E-state index in [2.05, 4.69) is 9.97 Å². The highest BCUT2D eigenvalue weighted by molar-refractivity contribution is 6.10. The zero-order chi connectivity index (χ0) is 17.6. The summed E-state index contributed by atoms with van der Waals surface area (Å²) in [6, 6.07) is 12.1. The van der Waals surface area contributed by atoms with Crippen LogP contribution in [0.1, 0.15) is 17.5 Å². The molecule has 0 aliphatic heterocycles. The lowest BCUT2D eigenvalue weighted by atomic mass is 10.1.